The molecule has 1 aliphatic rings. The minimum atomic E-state index is -1.02. The van der Waals surface area contributed by atoms with Crippen LogP contribution in [0.3, 0.4) is 0 Å². The normalized spacial score (nSPS) is 21.4. The SMILES string of the molecule is CNC(=O)CC1(O)CCCN(c2nc3ccccc3nc2C)C1. The zero-order valence-corrected chi connectivity index (χ0v) is 13.5. The Morgan fingerprint density at radius 2 is 2.04 bits per heavy atom. The molecule has 1 amide bonds. The number of hydrogen-bond donors (Lipinski definition) is 2. The van der Waals surface area contributed by atoms with Crippen LogP contribution in [0.1, 0.15) is 25.0 Å². The third kappa shape index (κ3) is 3.27. The van der Waals surface area contributed by atoms with E-state index in [1.807, 2.05) is 36.1 Å². The summed E-state index contributed by atoms with van der Waals surface area (Å²) in [6, 6.07) is 7.76. The lowest BCUT2D eigenvalue weighted by atomic mass is 9.89. The number of carbonyl (C=O) groups excluding carboxylic acids is 1. The minimum absolute atomic E-state index is 0.111. The molecule has 2 aromatic rings. The second-order valence-electron chi connectivity index (χ2n) is 6.22. The third-order valence-electron chi connectivity index (χ3n) is 4.34. The van der Waals surface area contributed by atoms with Crippen molar-refractivity contribution < 1.29 is 9.90 Å². The molecule has 1 fully saturated rings. The first-order valence-corrected chi connectivity index (χ1v) is 7.92. The Morgan fingerprint density at radius 3 is 2.74 bits per heavy atom. The first-order chi connectivity index (χ1) is 11.0. The highest BCUT2D eigenvalue weighted by Crippen LogP contribution is 2.29. The Balaban J connectivity index is 1.89. The van der Waals surface area contributed by atoms with Crippen molar-refractivity contribution in [3.8, 4) is 0 Å². The Morgan fingerprint density at radius 1 is 1.35 bits per heavy atom. The van der Waals surface area contributed by atoms with Crippen LogP contribution in [0.4, 0.5) is 5.82 Å². The summed E-state index contributed by atoms with van der Waals surface area (Å²) in [5.41, 5.74) is 1.53. The van der Waals surface area contributed by atoms with Crippen molar-refractivity contribution in [3.05, 3.63) is 30.0 Å². The Hall–Kier alpha value is -2.21. The van der Waals surface area contributed by atoms with Gasteiger partial charge in [0.1, 0.15) is 0 Å². The highest BCUT2D eigenvalue weighted by molar-refractivity contribution is 5.77. The summed E-state index contributed by atoms with van der Waals surface area (Å²) >= 11 is 0. The second kappa shape index (κ2) is 6.12. The number of nitrogens with zero attached hydrogens (tertiary/aromatic N) is 3. The molecule has 1 aromatic heterocycles. The van der Waals surface area contributed by atoms with E-state index in [-0.39, 0.29) is 12.3 Å². The quantitative estimate of drug-likeness (QED) is 0.895. The smallest absolute Gasteiger partial charge is 0.222 e. The number of nitrogens with one attached hydrogen (secondary N) is 1. The molecule has 23 heavy (non-hydrogen) atoms. The van der Waals surface area contributed by atoms with Gasteiger partial charge in [0.25, 0.3) is 0 Å². The van der Waals surface area contributed by atoms with Crippen molar-refractivity contribution in [2.75, 3.05) is 25.0 Å². The number of anilines is 1. The van der Waals surface area contributed by atoms with Gasteiger partial charge in [0.15, 0.2) is 5.82 Å². The van der Waals surface area contributed by atoms with Gasteiger partial charge in [0, 0.05) is 20.1 Å². The highest BCUT2D eigenvalue weighted by atomic mass is 16.3. The van der Waals surface area contributed by atoms with E-state index < -0.39 is 5.60 Å². The maximum atomic E-state index is 11.7. The fraction of sp³-hybridized carbons (Fsp3) is 0.471. The van der Waals surface area contributed by atoms with Crippen LogP contribution in [-0.2, 0) is 4.79 Å². The maximum Gasteiger partial charge on any atom is 0.222 e. The van der Waals surface area contributed by atoms with Crippen molar-refractivity contribution in [1.82, 2.24) is 15.3 Å². The predicted octanol–water partition coefficient (Wildman–Crippen LogP) is 1.41. The predicted molar refractivity (Wildman–Crippen MR) is 89.4 cm³/mol. The molecule has 1 atom stereocenters. The lowest BCUT2D eigenvalue weighted by Crippen LogP contribution is -2.50. The Bertz CT molecular complexity index is 734. The summed E-state index contributed by atoms with van der Waals surface area (Å²) in [5.74, 6) is 0.648. The van der Waals surface area contributed by atoms with Gasteiger partial charge in [0.05, 0.1) is 28.7 Å². The molecule has 1 aliphatic heterocycles. The number of aryl methyl sites for hydroxylation is 1. The fourth-order valence-corrected chi connectivity index (χ4v) is 3.20. The maximum absolute atomic E-state index is 11.7. The van der Waals surface area contributed by atoms with Gasteiger partial charge in [-0.1, -0.05) is 12.1 Å². The zero-order valence-electron chi connectivity index (χ0n) is 13.5. The summed E-state index contributed by atoms with van der Waals surface area (Å²) in [7, 11) is 1.59. The van der Waals surface area contributed by atoms with E-state index in [4.69, 9.17) is 4.98 Å². The van der Waals surface area contributed by atoms with Gasteiger partial charge in [-0.05, 0) is 31.9 Å². The van der Waals surface area contributed by atoms with E-state index >= 15 is 0 Å². The molecule has 0 radical (unpaired) electrons. The molecule has 0 saturated carbocycles. The van der Waals surface area contributed by atoms with Gasteiger partial charge in [0.2, 0.25) is 5.91 Å². The average Bonchev–Trinajstić information content (AvgIpc) is 2.53. The summed E-state index contributed by atoms with van der Waals surface area (Å²) in [6.07, 6.45) is 1.55. The number of amides is 1. The Labute approximate surface area is 135 Å². The molecule has 0 spiro atoms. The number of carbonyl (C=O) groups is 1. The van der Waals surface area contributed by atoms with Gasteiger partial charge < -0.3 is 15.3 Å². The van der Waals surface area contributed by atoms with Gasteiger partial charge >= 0.3 is 0 Å². The first-order valence-electron chi connectivity index (χ1n) is 7.92. The molecule has 122 valence electrons. The summed E-state index contributed by atoms with van der Waals surface area (Å²) in [5, 5.41) is 13.3. The molecule has 3 rings (SSSR count). The Kier molecular flexibility index (Phi) is 4.17. The molecule has 1 unspecified atom stereocenters. The standard InChI is InChI=1S/C17H22N4O2/c1-12-16(20-14-7-4-3-6-13(14)19-12)21-9-5-8-17(23,11-21)10-15(22)18-2/h3-4,6-7,23H,5,8-11H2,1-2H3,(H,18,22). The van der Waals surface area contributed by atoms with E-state index in [9.17, 15) is 9.90 Å². The molecule has 2 N–H and O–H groups in total. The van der Waals surface area contributed by atoms with Gasteiger partial charge in [-0.3, -0.25) is 4.79 Å². The molecular formula is C17H22N4O2. The number of benzene rings is 1. The number of aliphatic hydroxyl groups is 1. The average molecular weight is 314 g/mol. The number of β-amino-alcohol motifs (C(OH)–C–C–N with tert-alkyl or cyclic N) is 1. The lowest BCUT2D eigenvalue weighted by Gasteiger charge is -2.39. The van der Waals surface area contributed by atoms with E-state index in [0.717, 1.165) is 35.5 Å². The largest absolute Gasteiger partial charge is 0.388 e. The van der Waals surface area contributed by atoms with Crippen molar-refractivity contribution in [3.63, 3.8) is 0 Å². The van der Waals surface area contributed by atoms with Crippen LogP contribution in [0, 0.1) is 6.92 Å². The van der Waals surface area contributed by atoms with Crippen LogP contribution in [0.2, 0.25) is 0 Å². The van der Waals surface area contributed by atoms with Crippen molar-refractivity contribution in [2.45, 2.75) is 31.8 Å². The first kappa shape index (κ1) is 15.7. The van der Waals surface area contributed by atoms with Crippen LogP contribution in [0.15, 0.2) is 24.3 Å². The van der Waals surface area contributed by atoms with Crippen LogP contribution >= 0.6 is 0 Å². The van der Waals surface area contributed by atoms with Crippen molar-refractivity contribution in [2.24, 2.45) is 0 Å². The number of piperidine rings is 1. The lowest BCUT2D eigenvalue weighted by molar-refractivity contribution is -0.125. The molecule has 0 bridgehead atoms. The second-order valence-corrected chi connectivity index (χ2v) is 6.22. The van der Waals surface area contributed by atoms with Gasteiger partial charge in [-0.25, -0.2) is 9.97 Å². The van der Waals surface area contributed by atoms with E-state index in [1.165, 1.54) is 0 Å². The van der Waals surface area contributed by atoms with Crippen molar-refractivity contribution in [1.29, 1.82) is 0 Å². The number of para-hydroxylation sites is 2. The zero-order chi connectivity index (χ0) is 16.4. The van der Waals surface area contributed by atoms with E-state index in [0.29, 0.717) is 13.0 Å². The summed E-state index contributed by atoms with van der Waals surface area (Å²) < 4.78 is 0. The topological polar surface area (TPSA) is 78.4 Å². The van der Waals surface area contributed by atoms with E-state index in [2.05, 4.69) is 10.3 Å². The molecule has 6 nitrogen and oxygen atoms in total. The number of hydrogen-bond acceptors (Lipinski definition) is 5. The molecule has 2 heterocycles. The van der Waals surface area contributed by atoms with Crippen LogP contribution in [0.5, 0.6) is 0 Å². The minimum Gasteiger partial charge on any atom is -0.388 e. The monoisotopic (exact) mass is 314 g/mol. The summed E-state index contributed by atoms with van der Waals surface area (Å²) in [4.78, 5) is 23.0. The molecule has 6 heteroatoms. The number of rotatable bonds is 3. The fourth-order valence-electron chi connectivity index (χ4n) is 3.20. The number of aromatic nitrogens is 2. The molecule has 1 saturated heterocycles. The van der Waals surface area contributed by atoms with Gasteiger partial charge in [-0.15, -0.1) is 0 Å². The summed E-state index contributed by atoms with van der Waals surface area (Å²) in [6.45, 7) is 3.14. The van der Waals surface area contributed by atoms with Gasteiger partial charge in [-0.2, -0.15) is 0 Å². The third-order valence-corrected chi connectivity index (χ3v) is 4.34. The van der Waals surface area contributed by atoms with Crippen molar-refractivity contribution >= 4 is 22.8 Å². The number of fused-ring (bicyclic) bond motifs is 1. The molecule has 0 aliphatic carbocycles. The molecule has 1 aromatic carbocycles. The highest BCUT2D eigenvalue weighted by Gasteiger charge is 2.36. The van der Waals surface area contributed by atoms with Crippen LogP contribution in [-0.4, -0.2) is 46.7 Å². The van der Waals surface area contributed by atoms with Crippen LogP contribution < -0.4 is 10.2 Å². The van der Waals surface area contributed by atoms with E-state index in [1.54, 1.807) is 7.05 Å². The van der Waals surface area contributed by atoms with Crippen LogP contribution in [0.25, 0.3) is 11.0 Å². The molecular weight excluding hydrogens is 292 g/mol.